The number of aliphatic hydroxyl groups is 1. The molecule has 1 fully saturated rings. The summed E-state index contributed by atoms with van der Waals surface area (Å²) in [4.78, 5) is 18.1. The summed E-state index contributed by atoms with van der Waals surface area (Å²) in [6.07, 6.45) is -0.502. The number of likely N-dealkylation sites (N-methyl/N-ethyl adjacent to an activating group) is 3. The maximum Gasteiger partial charge on any atom is 0.233 e. The summed E-state index contributed by atoms with van der Waals surface area (Å²) < 4.78 is 5.79. The van der Waals surface area contributed by atoms with Crippen LogP contribution in [0.25, 0.3) is 0 Å². The Kier molecular flexibility index (Phi) is 9.00. The molecule has 1 aromatic rings. The van der Waals surface area contributed by atoms with E-state index in [1.165, 1.54) is 0 Å². The van der Waals surface area contributed by atoms with Gasteiger partial charge < -0.3 is 20.1 Å². The van der Waals surface area contributed by atoms with Gasteiger partial charge in [-0.05, 0) is 31.3 Å². The van der Waals surface area contributed by atoms with Crippen LogP contribution in [0.3, 0.4) is 0 Å². The average molecular weight is 379 g/mol. The fourth-order valence-corrected chi connectivity index (χ4v) is 3.26. The van der Waals surface area contributed by atoms with Crippen molar-refractivity contribution in [3.63, 3.8) is 0 Å². The van der Waals surface area contributed by atoms with E-state index in [-0.39, 0.29) is 12.5 Å². The summed E-state index contributed by atoms with van der Waals surface area (Å²) in [5, 5.41) is 12.9. The van der Waals surface area contributed by atoms with E-state index in [9.17, 15) is 9.90 Å². The Labute approximate surface area is 162 Å². The molecule has 1 aliphatic heterocycles. The molecular formula is C20H34N4O3. The van der Waals surface area contributed by atoms with Gasteiger partial charge in [0.05, 0.1) is 6.54 Å². The van der Waals surface area contributed by atoms with Crippen LogP contribution < -0.4 is 10.1 Å². The summed E-state index contributed by atoms with van der Waals surface area (Å²) >= 11 is 0. The number of rotatable bonds is 10. The number of piperazine rings is 1. The zero-order chi connectivity index (χ0) is 19.6. The van der Waals surface area contributed by atoms with Gasteiger partial charge in [-0.3, -0.25) is 14.6 Å². The van der Waals surface area contributed by atoms with Crippen LogP contribution in [0, 0.1) is 0 Å². The number of carbonyl (C=O) groups excluding carboxylic acids is 1. The third-order valence-electron chi connectivity index (χ3n) is 4.87. The molecule has 7 nitrogen and oxygen atoms in total. The lowest BCUT2D eigenvalue weighted by Gasteiger charge is -2.34. The Balaban J connectivity index is 1.74. The molecule has 0 spiro atoms. The Morgan fingerprint density at radius 1 is 1.30 bits per heavy atom. The molecule has 1 unspecified atom stereocenters. The standard InChI is InChI=1S/C20H34N4O3/c1-4-23-8-10-24(11-9-23)14-18(25)16-27-19-7-5-6-17(12-19)13-22(3)15-20(26)21-2/h5-7,12,18,25H,4,8-11,13-16H2,1-3H3,(H,21,26). The molecule has 1 atom stereocenters. The predicted octanol–water partition coefficient (Wildman–Crippen LogP) is 0.242. The fourth-order valence-electron chi connectivity index (χ4n) is 3.26. The Hall–Kier alpha value is -1.67. The summed E-state index contributed by atoms with van der Waals surface area (Å²) in [6, 6.07) is 7.81. The van der Waals surface area contributed by atoms with Gasteiger partial charge >= 0.3 is 0 Å². The van der Waals surface area contributed by atoms with E-state index in [0.29, 0.717) is 19.6 Å². The maximum absolute atomic E-state index is 11.4. The minimum Gasteiger partial charge on any atom is -0.491 e. The number of hydrogen-bond acceptors (Lipinski definition) is 6. The van der Waals surface area contributed by atoms with E-state index in [1.54, 1.807) is 7.05 Å². The molecule has 27 heavy (non-hydrogen) atoms. The summed E-state index contributed by atoms with van der Waals surface area (Å²) in [7, 11) is 3.55. The molecule has 1 aromatic carbocycles. The lowest BCUT2D eigenvalue weighted by molar-refractivity contribution is -0.121. The Bertz CT molecular complexity index is 576. The minimum atomic E-state index is -0.502. The topological polar surface area (TPSA) is 68.3 Å². The van der Waals surface area contributed by atoms with Gasteiger partial charge in [-0.1, -0.05) is 19.1 Å². The van der Waals surface area contributed by atoms with Crippen LogP contribution in [0.1, 0.15) is 12.5 Å². The molecule has 0 radical (unpaired) electrons. The lowest BCUT2D eigenvalue weighted by atomic mass is 10.2. The largest absolute Gasteiger partial charge is 0.491 e. The van der Waals surface area contributed by atoms with Crippen LogP contribution in [0.15, 0.2) is 24.3 Å². The maximum atomic E-state index is 11.4. The zero-order valence-corrected chi connectivity index (χ0v) is 16.9. The first kappa shape index (κ1) is 21.6. The van der Waals surface area contributed by atoms with E-state index in [2.05, 4.69) is 22.0 Å². The first-order chi connectivity index (χ1) is 13.0. The molecule has 152 valence electrons. The number of hydrogen-bond donors (Lipinski definition) is 2. The summed E-state index contributed by atoms with van der Waals surface area (Å²) in [5.41, 5.74) is 1.07. The van der Waals surface area contributed by atoms with Gasteiger partial charge in [-0.15, -0.1) is 0 Å². The number of benzene rings is 1. The second-order valence-corrected chi connectivity index (χ2v) is 7.19. The van der Waals surface area contributed by atoms with Crippen LogP contribution in [0.4, 0.5) is 0 Å². The monoisotopic (exact) mass is 378 g/mol. The van der Waals surface area contributed by atoms with Crippen molar-refractivity contribution in [1.82, 2.24) is 20.0 Å². The van der Waals surface area contributed by atoms with E-state index >= 15 is 0 Å². The van der Waals surface area contributed by atoms with Crippen LogP contribution >= 0.6 is 0 Å². The molecule has 2 N–H and O–H groups in total. The highest BCUT2D eigenvalue weighted by Crippen LogP contribution is 2.15. The fraction of sp³-hybridized carbons (Fsp3) is 0.650. The number of β-amino-alcohol motifs (C(OH)–C–C–N with tert-alkyl or cyclic N) is 1. The van der Waals surface area contributed by atoms with Crippen molar-refractivity contribution in [2.75, 3.05) is 66.5 Å². The smallest absolute Gasteiger partial charge is 0.233 e. The van der Waals surface area contributed by atoms with Crippen molar-refractivity contribution in [1.29, 1.82) is 0 Å². The predicted molar refractivity (Wildman–Crippen MR) is 107 cm³/mol. The van der Waals surface area contributed by atoms with Gasteiger partial charge in [0, 0.05) is 46.3 Å². The van der Waals surface area contributed by atoms with Crippen molar-refractivity contribution in [3.05, 3.63) is 29.8 Å². The SMILES string of the molecule is CCN1CCN(CC(O)COc2cccc(CN(C)CC(=O)NC)c2)CC1. The van der Waals surface area contributed by atoms with Crippen molar-refractivity contribution in [3.8, 4) is 5.75 Å². The van der Waals surface area contributed by atoms with Gasteiger partial charge in [0.25, 0.3) is 0 Å². The second-order valence-electron chi connectivity index (χ2n) is 7.19. The highest BCUT2D eigenvalue weighted by atomic mass is 16.5. The first-order valence-corrected chi connectivity index (χ1v) is 9.73. The number of carbonyl (C=O) groups is 1. The first-order valence-electron chi connectivity index (χ1n) is 9.73. The summed E-state index contributed by atoms with van der Waals surface area (Å²) in [5.74, 6) is 0.739. The lowest BCUT2D eigenvalue weighted by Crippen LogP contribution is -2.49. The van der Waals surface area contributed by atoms with E-state index in [0.717, 1.165) is 44.0 Å². The third-order valence-corrected chi connectivity index (χ3v) is 4.87. The number of aliphatic hydroxyl groups excluding tert-OH is 1. The van der Waals surface area contributed by atoms with Crippen molar-refractivity contribution < 1.29 is 14.6 Å². The minimum absolute atomic E-state index is 0.00667. The van der Waals surface area contributed by atoms with Crippen LogP contribution in [0.2, 0.25) is 0 Å². The number of nitrogens with one attached hydrogen (secondary N) is 1. The molecule has 1 aliphatic rings. The van der Waals surface area contributed by atoms with Crippen molar-refractivity contribution in [2.45, 2.75) is 19.6 Å². The molecule has 1 heterocycles. The van der Waals surface area contributed by atoms with Gasteiger partial charge in [-0.25, -0.2) is 0 Å². The van der Waals surface area contributed by atoms with E-state index in [4.69, 9.17) is 4.74 Å². The van der Waals surface area contributed by atoms with E-state index in [1.807, 2.05) is 36.2 Å². The van der Waals surface area contributed by atoms with Crippen molar-refractivity contribution >= 4 is 5.91 Å². The quantitative estimate of drug-likeness (QED) is 0.608. The molecule has 7 heteroatoms. The summed E-state index contributed by atoms with van der Waals surface area (Å²) in [6.45, 7) is 9.34. The van der Waals surface area contributed by atoms with E-state index < -0.39 is 6.10 Å². The van der Waals surface area contributed by atoms with Crippen LogP contribution in [-0.4, -0.2) is 98.3 Å². The second kappa shape index (κ2) is 11.2. The van der Waals surface area contributed by atoms with Gasteiger partial charge in [0.2, 0.25) is 5.91 Å². The van der Waals surface area contributed by atoms with Crippen molar-refractivity contribution in [2.24, 2.45) is 0 Å². The molecule has 2 rings (SSSR count). The Morgan fingerprint density at radius 2 is 2.00 bits per heavy atom. The number of ether oxygens (including phenoxy) is 1. The Morgan fingerprint density at radius 3 is 2.67 bits per heavy atom. The molecule has 1 amide bonds. The molecule has 0 saturated carbocycles. The molecule has 1 saturated heterocycles. The van der Waals surface area contributed by atoms with Gasteiger partial charge in [0.15, 0.2) is 0 Å². The number of nitrogens with zero attached hydrogens (tertiary/aromatic N) is 3. The van der Waals surface area contributed by atoms with Gasteiger partial charge in [-0.2, -0.15) is 0 Å². The molecular weight excluding hydrogens is 344 g/mol. The van der Waals surface area contributed by atoms with Gasteiger partial charge in [0.1, 0.15) is 18.5 Å². The highest BCUT2D eigenvalue weighted by Gasteiger charge is 2.18. The van der Waals surface area contributed by atoms with Crippen LogP contribution in [-0.2, 0) is 11.3 Å². The van der Waals surface area contributed by atoms with Crippen LogP contribution in [0.5, 0.6) is 5.75 Å². The highest BCUT2D eigenvalue weighted by molar-refractivity contribution is 5.77. The zero-order valence-electron chi connectivity index (χ0n) is 16.9. The average Bonchev–Trinajstić information content (AvgIpc) is 2.67. The molecule has 0 aliphatic carbocycles. The molecule has 0 aromatic heterocycles. The third kappa shape index (κ3) is 7.84. The normalized spacial score (nSPS) is 17.1. The molecule has 0 bridgehead atoms. The number of amides is 1.